The highest BCUT2D eigenvalue weighted by Gasteiger charge is 2.29. The summed E-state index contributed by atoms with van der Waals surface area (Å²) < 4.78 is 23.3. The number of sulfone groups is 1. The Morgan fingerprint density at radius 1 is 1.22 bits per heavy atom. The molecule has 3 rings (SSSR count). The Morgan fingerprint density at radius 2 is 1.96 bits per heavy atom. The third kappa shape index (κ3) is 5.26. The molecule has 2 heterocycles. The number of rotatable bonds is 4. The lowest BCUT2D eigenvalue weighted by Crippen LogP contribution is -2.48. The molecule has 0 saturated carbocycles. The second kappa shape index (κ2) is 8.04. The Hall–Kier alpha value is -2.48. The van der Waals surface area contributed by atoms with Crippen molar-refractivity contribution < 1.29 is 13.2 Å². The number of piperidine rings is 1. The average molecular weight is 388 g/mol. The highest BCUT2D eigenvalue weighted by Crippen LogP contribution is 2.21. The molecule has 2 aromatic rings. The first-order chi connectivity index (χ1) is 12.8. The number of likely N-dealkylation sites (tertiary alicyclic amines) is 1. The van der Waals surface area contributed by atoms with E-state index in [1.54, 1.807) is 23.2 Å². The van der Waals surface area contributed by atoms with Crippen LogP contribution in [-0.2, 0) is 9.84 Å². The SMILES string of the molecule is Cc1ccnc(-c2ccc(NC(=O)N3CCCCC3CS(C)(=O)=O)cc2)n1. The summed E-state index contributed by atoms with van der Waals surface area (Å²) in [5.74, 6) is 0.640. The standard InChI is InChI=1S/C19H24N4O3S/c1-14-10-11-20-18(21-14)15-6-8-16(9-7-15)22-19(24)23-12-4-3-5-17(23)13-27(2,25)26/h6-11,17H,3-5,12-13H2,1-2H3,(H,22,24). The van der Waals surface area contributed by atoms with Gasteiger partial charge in [-0.3, -0.25) is 0 Å². The fourth-order valence-corrected chi connectivity index (χ4v) is 4.32. The molecule has 1 N–H and O–H groups in total. The summed E-state index contributed by atoms with van der Waals surface area (Å²) >= 11 is 0. The first-order valence-corrected chi connectivity index (χ1v) is 11.0. The second-order valence-corrected chi connectivity index (χ2v) is 9.15. The number of nitrogens with one attached hydrogen (secondary N) is 1. The summed E-state index contributed by atoms with van der Waals surface area (Å²) in [7, 11) is -3.14. The van der Waals surface area contributed by atoms with E-state index in [9.17, 15) is 13.2 Å². The fourth-order valence-electron chi connectivity index (χ4n) is 3.28. The van der Waals surface area contributed by atoms with Crippen molar-refractivity contribution in [2.45, 2.75) is 32.2 Å². The molecule has 1 saturated heterocycles. The zero-order valence-corrected chi connectivity index (χ0v) is 16.4. The van der Waals surface area contributed by atoms with Crippen LogP contribution in [0.1, 0.15) is 25.0 Å². The van der Waals surface area contributed by atoms with E-state index in [1.165, 1.54) is 6.26 Å². The summed E-state index contributed by atoms with van der Waals surface area (Å²) in [6.45, 7) is 2.48. The van der Waals surface area contributed by atoms with Gasteiger partial charge >= 0.3 is 6.03 Å². The zero-order valence-electron chi connectivity index (χ0n) is 15.6. The van der Waals surface area contributed by atoms with Crippen molar-refractivity contribution in [1.82, 2.24) is 14.9 Å². The van der Waals surface area contributed by atoms with Crippen LogP contribution >= 0.6 is 0 Å². The molecule has 1 unspecified atom stereocenters. The molecule has 1 atom stereocenters. The molecule has 1 fully saturated rings. The predicted octanol–water partition coefficient (Wildman–Crippen LogP) is 2.88. The van der Waals surface area contributed by atoms with Gasteiger partial charge < -0.3 is 10.2 Å². The highest BCUT2D eigenvalue weighted by atomic mass is 32.2. The van der Waals surface area contributed by atoms with E-state index < -0.39 is 9.84 Å². The van der Waals surface area contributed by atoms with Crippen LogP contribution in [-0.4, -0.2) is 53.9 Å². The Balaban J connectivity index is 1.69. The lowest BCUT2D eigenvalue weighted by Gasteiger charge is -2.35. The fraction of sp³-hybridized carbons (Fsp3) is 0.421. The van der Waals surface area contributed by atoms with Gasteiger partial charge in [0, 0.05) is 42.0 Å². The van der Waals surface area contributed by atoms with E-state index in [0.717, 1.165) is 24.1 Å². The van der Waals surface area contributed by atoms with Crippen molar-refractivity contribution in [3.8, 4) is 11.4 Å². The number of aromatic nitrogens is 2. The number of hydrogen-bond donors (Lipinski definition) is 1. The Morgan fingerprint density at radius 3 is 2.63 bits per heavy atom. The monoisotopic (exact) mass is 388 g/mol. The third-order valence-electron chi connectivity index (χ3n) is 4.57. The van der Waals surface area contributed by atoms with Gasteiger partial charge in [-0.05, 0) is 56.5 Å². The van der Waals surface area contributed by atoms with E-state index >= 15 is 0 Å². The topological polar surface area (TPSA) is 92.3 Å². The number of carbonyl (C=O) groups is 1. The van der Waals surface area contributed by atoms with Crippen LogP contribution in [0.25, 0.3) is 11.4 Å². The maximum Gasteiger partial charge on any atom is 0.322 e. The van der Waals surface area contributed by atoms with Crippen molar-refractivity contribution >= 4 is 21.6 Å². The number of urea groups is 1. The predicted molar refractivity (Wildman–Crippen MR) is 105 cm³/mol. The van der Waals surface area contributed by atoms with Crippen LogP contribution < -0.4 is 5.32 Å². The van der Waals surface area contributed by atoms with Crippen molar-refractivity contribution in [2.24, 2.45) is 0 Å². The van der Waals surface area contributed by atoms with Gasteiger partial charge in [0.05, 0.1) is 5.75 Å². The first kappa shape index (κ1) is 19.3. The second-order valence-electron chi connectivity index (χ2n) is 6.96. The minimum absolute atomic E-state index is 0.00402. The van der Waals surface area contributed by atoms with E-state index in [0.29, 0.717) is 24.5 Å². The summed E-state index contributed by atoms with van der Waals surface area (Å²) in [5, 5.41) is 2.87. The lowest BCUT2D eigenvalue weighted by molar-refractivity contribution is 0.171. The normalized spacial score (nSPS) is 17.6. The van der Waals surface area contributed by atoms with Crippen molar-refractivity contribution in [3.05, 3.63) is 42.2 Å². The molecule has 7 nitrogen and oxygen atoms in total. The van der Waals surface area contributed by atoms with Crippen LogP contribution in [0.4, 0.5) is 10.5 Å². The van der Waals surface area contributed by atoms with Crippen LogP contribution in [0, 0.1) is 6.92 Å². The average Bonchev–Trinajstić information content (AvgIpc) is 2.61. The van der Waals surface area contributed by atoms with Gasteiger partial charge in [0.1, 0.15) is 9.84 Å². The summed E-state index contributed by atoms with van der Waals surface area (Å²) in [6.07, 6.45) is 5.46. The third-order valence-corrected chi connectivity index (χ3v) is 5.56. The molecule has 1 aromatic carbocycles. The van der Waals surface area contributed by atoms with Crippen LogP contribution in [0.15, 0.2) is 36.5 Å². The van der Waals surface area contributed by atoms with Crippen molar-refractivity contribution in [2.75, 3.05) is 23.9 Å². The van der Waals surface area contributed by atoms with E-state index in [-0.39, 0.29) is 17.8 Å². The van der Waals surface area contributed by atoms with E-state index in [1.807, 2.05) is 25.1 Å². The molecule has 0 aliphatic carbocycles. The molecule has 0 radical (unpaired) electrons. The maximum atomic E-state index is 12.7. The molecule has 0 bridgehead atoms. The van der Waals surface area contributed by atoms with Crippen molar-refractivity contribution in [1.29, 1.82) is 0 Å². The van der Waals surface area contributed by atoms with Crippen LogP contribution in [0.3, 0.4) is 0 Å². The maximum absolute atomic E-state index is 12.7. The molecule has 1 aromatic heterocycles. The number of amides is 2. The minimum Gasteiger partial charge on any atom is -0.321 e. The van der Waals surface area contributed by atoms with Crippen LogP contribution in [0.5, 0.6) is 0 Å². The molecule has 1 aliphatic rings. The Bertz CT molecular complexity index is 913. The van der Waals surface area contributed by atoms with Gasteiger partial charge in [-0.2, -0.15) is 0 Å². The van der Waals surface area contributed by atoms with Crippen LogP contribution in [0.2, 0.25) is 0 Å². The summed E-state index contributed by atoms with van der Waals surface area (Å²) in [6, 6.07) is 8.62. The Labute approximate surface area is 159 Å². The van der Waals surface area contributed by atoms with Gasteiger partial charge in [-0.25, -0.2) is 23.2 Å². The molecule has 2 amide bonds. The molecule has 0 spiro atoms. The number of anilines is 1. The number of benzene rings is 1. The number of aryl methyl sites for hydroxylation is 1. The van der Waals surface area contributed by atoms with Crippen molar-refractivity contribution in [3.63, 3.8) is 0 Å². The highest BCUT2D eigenvalue weighted by molar-refractivity contribution is 7.90. The quantitative estimate of drug-likeness (QED) is 0.869. The zero-order chi connectivity index (χ0) is 19.4. The van der Waals surface area contributed by atoms with Gasteiger partial charge in [0.25, 0.3) is 0 Å². The molecule has 1 aliphatic heterocycles. The van der Waals surface area contributed by atoms with E-state index in [4.69, 9.17) is 0 Å². The Kier molecular flexibility index (Phi) is 5.74. The first-order valence-electron chi connectivity index (χ1n) is 8.97. The largest absolute Gasteiger partial charge is 0.322 e. The molecule has 8 heteroatoms. The molecule has 27 heavy (non-hydrogen) atoms. The van der Waals surface area contributed by atoms with Gasteiger partial charge in [0.15, 0.2) is 5.82 Å². The molecular weight excluding hydrogens is 364 g/mol. The smallest absolute Gasteiger partial charge is 0.321 e. The number of hydrogen-bond acceptors (Lipinski definition) is 5. The minimum atomic E-state index is -3.14. The summed E-state index contributed by atoms with van der Waals surface area (Å²) in [5.41, 5.74) is 2.41. The van der Waals surface area contributed by atoms with E-state index in [2.05, 4.69) is 15.3 Å². The molecule has 144 valence electrons. The molecular formula is C19H24N4O3S. The lowest BCUT2D eigenvalue weighted by atomic mass is 10.0. The van der Waals surface area contributed by atoms with Gasteiger partial charge in [0.2, 0.25) is 0 Å². The summed E-state index contributed by atoms with van der Waals surface area (Å²) in [4.78, 5) is 22.9. The van der Waals surface area contributed by atoms with Gasteiger partial charge in [-0.1, -0.05) is 0 Å². The number of nitrogens with zero attached hydrogens (tertiary/aromatic N) is 3. The van der Waals surface area contributed by atoms with Gasteiger partial charge in [-0.15, -0.1) is 0 Å². The number of carbonyl (C=O) groups excluding carboxylic acids is 1.